The zero-order valence-corrected chi connectivity index (χ0v) is 10.1. The summed E-state index contributed by atoms with van der Waals surface area (Å²) in [5.74, 6) is -1.30. The predicted octanol–water partition coefficient (Wildman–Crippen LogP) is 1.90. The number of carboxylic acid groups (broad SMARTS) is 1. The first-order valence-electron chi connectivity index (χ1n) is 6.09. The Kier molecular flexibility index (Phi) is 3.81. The lowest BCUT2D eigenvalue weighted by molar-refractivity contribution is -0.137. The molecule has 98 valence electrons. The number of hydrogen-bond donors (Lipinski definition) is 2. The van der Waals surface area contributed by atoms with Crippen LogP contribution in [0.15, 0.2) is 18.2 Å². The molecule has 2 rings (SSSR count). The van der Waals surface area contributed by atoms with Crippen molar-refractivity contribution in [3.63, 3.8) is 0 Å². The van der Waals surface area contributed by atoms with Crippen LogP contribution in [-0.2, 0) is 4.79 Å². The second kappa shape index (κ2) is 5.35. The molecule has 1 aliphatic heterocycles. The maximum atomic E-state index is 14.0. The van der Waals surface area contributed by atoms with Crippen LogP contribution in [0.5, 0.6) is 0 Å². The van der Waals surface area contributed by atoms with Gasteiger partial charge in [-0.05, 0) is 30.5 Å². The first kappa shape index (κ1) is 12.8. The third-order valence-corrected chi connectivity index (χ3v) is 3.24. The Labute approximate surface area is 105 Å². The Morgan fingerprint density at radius 1 is 1.44 bits per heavy atom. The lowest BCUT2D eigenvalue weighted by atomic mass is 10.0. The second-order valence-corrected chi connectivity index (χ2v) is 4.61. The minimum Gasteiger partial charge on any atom is -0.481 e. The normalized spacial score (nSPS) is 16.9. The lowest BCUT2D eigenvalue weighted by Crippen LogP contribution is -2.20. The van der Waals surface area contributed by atoms with Crippen LogP contribution in [0.4, 0.5) is 10.1 Å². The van der Waals surface area contributed by atoms with Crippen molar-refractivity contribution >= 4 is 11.7 Å². The van der Waals surface area contributed by atoms with E-state index < -0.39 is 12.0 Å². The molecule has 0 spiro atoms. The van der Waals surface area contributed by atoms with E-state index in [0.29, 0.717) is 11.3 Å². The number of carbonyl (C=O) groups is 1. The number of rotatable bonds is 4. The molecule has 1 fully saturated rings. The van der Waals surface area contributed by atoms with Gasteiger partial charge in [0.2, 0.25) is 0 Å². The molecule has 1 atom stereocenters. The van der Waals surface area contributed by atoms with Crippen LogP contribution in [0.1, 0.15) is 30.9 Å². The highest BCUT2D eigenvalue weighted by Crippen LogP contribution is 2.26. The van der Waals surface area contributed by atoms with Gasteiger partial charge in [-0.15, -0.1) is 0 Å². The number of halogens is 1. The molecular formula is C13H17FN2O2. The van der Waals surface area contributed by atoms with Crippen LogP contribution in [0.25, 0.3) is 0 Å². The van der Waals surface area contributed by atoms with Gasteiger partial charge in [-0.1, -0.05) is 6.07 Å². The average molecular weight is 252 g/mol. The average Bonchev–Trinajstić information content (AvgIpc) is 2.81. The molecule has 1 aromatic rings. The molecule has 3 N–H and O–H groups in total. The fraction of sp³-hybridized carbons (Fsp3) is 0.462. The molecule has 1 unspecified atom stereocenters. The largest absolute Gasteiger partial charge is 0.481 e. The molecule has 0 amide bonds. The smallest absolute Gasteiger partial charge is 0.305 e. The Balaban J connectivity index is 2.16. The first-order chi connectivity index (χ1) is 8.58. The Bertz CT molecular complexity index is 445. The number of nitrogens with two attached hydrogens (primary N) is 1. The van der Waals surface area contributed by atoms with Crippen molar-refractivity contribution < 1.29 is 14.3 Å². The second-order valence-electron chi connectivity index (χ2n) is 4.61. The number of aliphatic carboxylic acids is 1. The van der Waals surface area contributed by atoms with Gasteiger partial charge in [-0.2, -0.15) is 0 Å². The van der Waals surface area contributed by atoms with Crippen LogP contribution >= 0.6 is 0 Å². The fourth-order valence-corrected chi connectivity index (χ4v) is 2.27. The zero-order valence-electron chi connectivity index (χ0n) is 10.1. The van der Waals surface area contributed by atoms with Crippen molar-refractivity contribution in [1.29, 1.82) is 0 Å². The van der Waals surface area contributed by atoms with Crippen LogP contribution in [0.2, 0.25) is 0 Å². The highest BCUT2D eigenvalue weighted by atomic mass is 19.1. The maximum Gasteiger partial charge on any atom is 0.305 e. The number of benzene rings is 1. The van der Waals surface area contributed by atoms with Gasteiger partial charge in [0.25, 0.3) is 0 Å². The number of nitrogens with zero attached hydrogens (tertiary/aromatic N) is 1. The molecule has 0 aliphatic carbocycles. The van der Waals surface area contributed by atoms with Gasteiger partial charge >= 0.3 is 5.97 Å². The monoisotopic (exact) mass is 252 g/mol. The van der Waals surface area contributed by atoms with Crippen molar-refractivity contribution in [3.8, 4) is 0 Å². The van der Waals surface area contributed by atoms with Gasteiger partial charge in [0.15, 0.2) is 0 Å². The topological polar surface area (TPSA) is 66.6 Å². The standard InChI is InChI=1S/C13H17FN2O2/c14-10-7-9(11(15)8-13(17)18)3-4-12(10)16-5-1-2-6-16/h3-4,7,11H,1-2,5-6,8,15H2,(H,17,18). The molecule has 0 saturated carbocycles. The van der Waals surface area contributed by atoms with Gasteiger partial charge in [0, 0.05) is 19.1 Å². The van der Waals surface area contributed by atoms with Crippen LogP contribution in [0, 0.1) is 5.82 Å². The summed E-state index contributed by atoms with van der Waals surface area (Å²) >= 11 is 0. The summed E-state index contributed by atoms with van der Waals surface area (Å²) in [5, 5.41) is 8.66. The summed E-state index contributed by atoms with van der Waals surface area (Å²) in [7, 11) is 0. The molecule has 1 heterocycles. The number of hydrogen-bond acceptors (Lipinski definition) is 3. The highest BCUT2D eigenvalue weighted by molar-refractivity contribution is 5.68. The van der Waals surface area contributed by atoms with E-state index in [4.69, 9.17) is 10.8 Å². The molecule has 0 aromatic heterocycles. The maximum absolute atomic E-state index is 14.0. The van der Waals surface area contributed by atoms with Crippen LogP contribution in [0.3, 0.4) is 0 Å². The van der Waals surface area contributed by atoms with Crippen molar-refractivity contribution in [1.82, 2.24) is 0 Å². The molecule has 4 nitrogen and oxygen atoms in total. The Morgan fingerprint density at radius 2 is 2.11 bits per heavy atom. The van der Waals surface area contributed by atoms with E-state index in [2.05, 4.69) is 0 Å². The lowest BCUT2D eigenvalue weighted by Gasteiger charge is -2.19. The van der Waals surface area contributed by atoms with E-state index >= 15 is 0 Å². The zero-order chi connectivity index (χ0) is 13.1. The molecular weight excluding hydrogens is 235 g/mol. The Morgan fingerprint density at radius 3 is 2.67 bits per heavy atom. The summed E-state index contributed by atoms with van der Waals surface area (Å²) in [4.78, 5) is 12.6. The highest BCUT2D eigenvalue weighted by Gasteiger charge is 2.18. The van der Waals surface area contributed by atoms with Crippen LogP contribution < -0.4 is 10.6 Å². The van der Waals surface area contributed by atoms with Gasteiger partial charge in [0.05, 0.1) is 12.1 Å². The quantitative estimate of drug-likeness (QED) is 0.859. The third-order valence-electron chi connectivity index (χ3n) is 3.24. The minimum absolute atomic E-state index is 0.192. The number of anilines is 1. The molecule has 0 bridgehead atoms. The van der Waals surface area contributed by atoms with Crippen molar-refractivity contribution in [2.75, 3.05) is 18.0 Å². The van der Waals surface area contributed by atoms with E-state index in [-0.39, 0.29) is 12.2 Å². The summed E-state index contributed by atoms with van der Waals surface area (Å²) in [6, 6.07) is 4.09. The summed E-state index contributed by atoms with van der Waals surface area (Å²) < 4.78 is 14.0. The summed E-state index contributed by atoms with van der Waals surface area (Å²) in [6.45, 7) is 1.74. The summed E-state index contributed by atoms with van der Waals surface area (Å²) in [5.41, 5.74) is 6.82. The van der Waals surface area contributed by atoms with Crippen LogP contribution in [-0.4, -0.2) is 24.2 Å². The van der Waals surface area contributed by atoms with E-state index in [9.17, 15) is 9.18 Å². The molecule has 1 aliphatic rings. The summed E-state index contributed by atoms with van der Waals surface area (Å²) in [6.07, 6.45) is 1.97. The van der Waals surface area contributed by atoms with E-state index in [1.807, 2.05) is 4.90 Å². The van der Waals surface area contributed by atoms with Gasteiger partial charge in [-0.25, -0.2) is 4.39 Å². The van der Waals surface area contributed by atoms with Gasteiger partial charge in [0.1, 0.15) is 5.82 Å². The SMILES string of the molecule is NC(CC(=O)O)c1ccc(N2CCCC2)c(F)c1. The van der Waals surface area contributed by atoms with Crippen molar-refractivity contribution in [3.05, 3.63) is 29.6 Å². The molecule has 18 heavy (non-hydrogen) atoms. The Hall–Kier alpha value is -1.62. The fourth-order valence-electron chi connectivity index (χ4n) is 2.27. The predicted molar refractivity (Wildman–Crippen MR) is 67.0 cm³/mol. The molecule has 1 aromatic carbocycles. The third kappa shape index (κ3) is 2.79. The van der Waals surface area contributed by atoms with Crippen molar-refractivity contribution in [2.24, 2.45) is 5.73 Å². The molecule has 1 saturated heterocycles. The van der Waals surface area contributed by atoms with E-state index in [1.165, 1.54) is 6.07 Å². The van der Waals surface area contributed by atoms with Gasteiger partial charge in [-0.3, -0.25) is 4.79 Å². The van der Waals surface area contributed by atoms with E-state index in [0.717, 1.165) is 25.9 Å². The first-order valence-corrected chi connectivity index (χ1v) is 6.09. The molecule has 5 heteroatoms. The molecule has 0 radical (unpaired) electrons. The minimum atomic E-state index is -0.980. The van der Waals surface area contributed by atoms with Gasteiger partial charge < -0.3 is 15.7 Å². The van der Waals surface area contributed by atoms with E-state index in [1.54, 1.807) is 12.1 Å². The number of carboxylic acids is 1. The van der Waals surface area contributed by atoms with Crippen molar-refractivity contribution in [2.45, 2.75) is 25.3 Å².